The first kappa shape index (κ1) is 8.86. The maximum atomic E-state index is 5.91. The van der Waals surface area contributed by atoms with Crippen molar-refractivity contribution < 1.29 is 0 Å². The van der Waals surface area contributed by atoms with Gasteiger partial charge >= 0.3 is 0 Å². The monoisotopic (exact) mass is 265 g/mol. The van der Waals surface area contributed by atoms with Gasteiger partial charge in [0.25, 0.3) is 0 Å². The quantitative estimate of drug-likeness (QED) is 0.614. The number of nitrogens with two attached hydrogens (primary N) is 2. The van der Waals surface area contributed by atoms with E-state index in [-0.39, 0.29) is 0 Å². The Balaban J connectivity index is 2.87. The lowest BCUT2D eigenvalue weighted by Gasteiger charge is -2.31. The molecular weight excluding hydrogens is 253 g/mol. The average Bonchev–Trinajstić information content (AvgIpc) is 1.98. The van der Waals surface area contributed by atoms with Crippen LogP contribution in [0.2, 0.25) is 0 Å². The summed E-state index contributed by atoms with van der Waals surface area (Å²) in [6, 6.07) is 0. The van der Waals surface area contributed by atoms with E-state index in [0.29, 0.717) is 5.70 Å². The van der Waals surface area contributed by atoms with Crippen molar-refractivity contribution in [1.29, 1.82) is 0 Å². The van der Waals surface area contributed by atoms with Gasteiger partial charge in [-0.3, -0.25) is 0 Å². The molecular formula is C7H12IN3. The zero-order valence-electron chi connectivity index (χ0n) is 6.39. The maximum absolute atomic E-state index is 5.91. The molecule has 0 aliphatic carbocycles. The molecule has 0 spiro atoms. The molecule has 0 saturated heterocycles. The molecule has 0 aromatic carbocycles. The minimum Gasteiger partial charge on any atom is -0.399 e. The van der Waals surface area contributed by atoms with Gasteiger partial charge in [-0.1, -0.05) is 6.92 Å². The van der Waals surface area contributed by atoms with Crippen molar-refractivity contribution in [2.24, 2.45) is 11.5 Å². The first-order valence-corrected chi connectivity index (χ1v) is 4.56. The zero-order valence-corrected chi connectivity index (χ0v) is 8.55. The van der Waals surface area contributed by atoms with Gasteiger partial charge in [-0.05, 0) is 35.1 Å². The summed E-state index contributed by atoms with van der Waals surface area (Å²) >= 11 is 2.19. The summed E-state index contributed by atoms with van der Waals surface area (Å²) in [5.41, 5.74) is 11.8. The summed E-state index contributed by atoms with van der Waals surface area (Å²) < 4.78 is 1.08. The number of hydrogen-bond donors (Lipinski definition) is 3. The van der Waals surface area contributed by atoms with E-state index in [9.17, 15) is 0 Å². The van der Waals surface area contributed by atoms with Gasteiger partial charge in [-0.25, -0.2) is 0 Å². The summed E-state index contributed by atoms with van der Waals surface area (Å²) in [7, 11) is 0. The number of nitrogens with one attached hydrogen (secondary N) is 1. The normalized spacial score (nSPS) is 30.5. The van der Waals surface area contributed by atoms with Crippen LogP contribution in [0.4, 0.5) is 0 Å². The third kappa shape index (κ3) is 1.67. The highest BCUT2D eigenvalue weighted by atomic mass is 127. The Kier molecular flexibility index (Phi) is 2.43. The van der Waals surface area contributed by atoms with Gasteiger partial charge in [0.2, 0.25) is 0 Å². The largest absolute Gasteiger partial charge is 0.399 e. The van der Waals surface area contributed by atoms with Gasteiger partial charge < -0.3 is 16.8 Å². The number of rotatable bonds is 1. The van der Waals surface area contributed by atoms with Crippen molar-refractivity contribution in [2.75, 3.05) is 0 Å². The highest BCUT2D eigenvalue weighted by Gasteiger charge is 2.26. The molecule has 3 nitrogen and oxygen atoms in total. The molecule has 1 heterocycles. The minimum atomic E-state index is -0.533. The van der Waals surface area contributed by atoms with Crippen LogP contribution in [0.25, 0.3) is 0 Å². The molecule has 11 heavy (non-hydrogen) atoms. The van der Waals surface area contributed by atoms with E-state index in [0.717, 1.165) is 10.0 Å². The van der Waals surface area contributed by atoms with Crippen LogP contribution in [0, 0.1) is 0 Å². The highest BCUT2D eigenvalue weighted by Crippen LogP contribution is 2.20. The van der Waals surface area contributed by atoms with E-state index in [1.807, 2.05) is 19.2 Å². The molecule has 1 rings (SSSR count). The fourth-order valence-electron chi connectivity index (χ4n) is 0.906. The lowest BCUT2D eigenvalue weighted by atomic mass is 10.0. The molecule has 1 aliphatic heterocycles. The Bertz CT molecular complexity index is 222. The molecule has 1 atom stereocenters. The topological polar surface area (TPSA) is 64.1 Å². The van der Waals surface area contributed by atoms with Gasteiger partial charge in [0.05, 0.1) is 0 Å². The highest BCUT2D eigenvalue weighted by molar-refractivity contribution is 14.1. The number of hydrogen-bond acceptors (Lipinski definition) is 3. The van der Waals surface area contributed by atoms with Crippen molar-refractivity contribution in [3.05, 3.63) is 21.6 Å². The number of allylic oxidation sites excluding steroid dienone is 2. The molecule has 0 fully saturated rings. The van der Waals surface area contributed by atoms with Gasteiger partial charge in [0.15, 0.2) is 0 Å². The Morgan fingerprint density at radius 2 is 2.36 bits per heavy atom. The maximum Gasteiger partial charge on any atom is 0.126 e. The lowest BCUT2D eigenvalue weighted by Crippen LogP contribution is -2.55. The van der Waals surface area contributed by atoms with Crippen LogP contribution >= 0.6 is 22.6 Å². The standard InChI is InChI=1S/C7H12IN3/c1-2-7(10)6(9)3-5(8)4-11-7/h3-4,11H,2,9-10H2,1H3. The summed E-state index contributed by atoms with van der Waals surface area (Å²) in [5, 5.41) is 3.06. The van der Waals surface area contributed by atoms with Crippen molar-refractivity contribution in [3.8, 4) is 0 Å². The van der Waals surface area contributed by atoms with Crippen LogP contribution in [0.15, 0.2) is 21.6 Å². The van der Waals surface area contributed by atoms with Crippen molar-refractivity contribution in [2.45, 2.75) is 19.0 Å². The van der Waals surface area contributed by atoms with Crippen LogP contribution < -0.4 is 16.8 Å². The Morgan fingerprint density at radius 1 is 1.73 bits per heavy atom. The Labute approximate surface area is 80.0 Å². The smallest absolute Gasteiger partial charge is 0.126 e. The molecule has 62 valence electrons. The van der Waals surface area contributed by atoms with Crippen molar-refractivity contribution in [1.82, 2.24) is 5.32 Å². The van der Waals surface area contributed by atoms with Crippen molar-refractivity contribution >= 4 is 22.6 Å². The van der Waals surface area contributed by atoms with E-state index in [1.165, 1.54) is 0 Å². The van der Waals surface area contributed by atoms with E-state index in [4.69, 9.17) is 11.5 Å². The summed E-state index contributed by atoms with van der Waals surface area (Å²) in [5.74, 6) is 0. The van der Waals surface area contributed by atoms with E-state index in [2.05, 4.69) is 27.9 Å². The van der Waals surface area contributed by atoms with Gasteiger partial charge in [0.1, 0.15) is 5.66 Å². The van der Waals surface area contributed by atoms with Crippen molar-refractivity contribution in [3.63, 3.8) is 0 Å². The first-order chi connectivity index (χ1) is 5.08. The second kappa shape index (κ2) is 3.02. The molecule has 0 aromatic heterocycles. The number of halogens is 1. The van der Waals surface area contributed by atoms with Crippen LogP contribution in [0.3, 0.4) is 0 Å². The number of dihydropyridines is 1. The third-order valence-corrected chi connectivity index (χ3v) is 2.46. The van der Waals surface area contributed by atoms with Gasteiger partial charge in [-0.15, -0.1) is 0 Å². The SMILES string of the molecule is CCC1(N)NC=C(I)C=C1N. The predicted octanol–water partition coefficient (Wildman–Crippen LogP) is 0.774. The molecule has 0 bridgehead atoms. The summed E-state index contributed by atoms with van der Waals surface area (Å²) in [4.78, 5) is 0. The molecule has 5 N–H and O–H groups in total. The van der Waals surface area contributed by atoms with Crippen LogP contribution in [0.1, 0.15) is 13.3 Å². The molecule has 0 radical (unpaired) electrons. The molecule has 4 heteroatoms. The third-order valence-electron chi connectivity index (χ3n) is 1.83. The molecule has 1 unspecified atom stereocenters. The molecule has 0 aromatic rings. The van der Waals surface area contributed by atoms with E-state index >= 15 is 0 Å². The zero-order chi connectivity index (χ0) is 8.48. The average molecular weight is 265 g/mol. The fourth-order valence-corrected chi connectivity index (χ4v) is 1.40. The lowest BCUT2D eigenvalue weighted by molar-refractivity contribution is 0.421. The van der Waals surface area contributed by atoms with Crippen LogP contribution in [-0.4, -0.2) is 5.66 Å². The van der Waals surface area contributed by atoms with Crippen LogP contribution in [-0.2, 0) is 0 Å². The molecule has 0 amide bonds. The summed E-state index contributed by atoms with van der Waals surface area (Å²) in [6.45, 7) is 2.00. The van der Waals surface area contributed by atoms with Crippen LogP contribution in [0.5, 0.6) is 0 Å². The predicted molar refractivity (Wildman–Crippen MR) is 54.7 cm³/mol. The molecule has 1 aliphatic rings. The summed E-state index contributed by atoms with van der Waals surface area (Å²) in [6.07, 6.45) is 4.55. The molecule has 0 saturated carbocycles. The Morgan fingerprint density at radius 3 is 2.82 bits per heavy atom. The van der Waals surface area contributed by atoms with Gasteiger partial charge in [0, 0.05) is 15.5 Å². The van der Waals surface area contributed by atoms with Gasteiger partial charge in [-0.2, -0.15) is 0 Å². The second-order valence-electron chi connectivity index (χ2n) is 2.60. The van der Waals surface area contributed by atoms with E-state index < -0.39 is 5.66 Å². The minimum absolute atomic E-state index is 0.533. The Hall–Kier alpha value is -0.230. The first-order valence-electron chi connectivity index (χ1n) is 3.48. The second-order valence-corrected chi connectivity index (χ2v) is 3.84. The van der Waals surface area contributed by atoms with E-state index in [1.54, 1.807) is 0 Å². The fraction of sp³-hybridized carbons (Fsp3) is 0.429.